The molecule has 5 aromatic rings. The quantitative estimate of drug-likeness (QED) is 0.505. The molecule has 3 aromatic carbocycles. The van der Waals surface area contributed by atoms with E-state index in [1.165, 1.54) is 4.68 Å². The summed E-state index contributed by atoms with van der Waals surface area (Å²) < 4.78 is 4.87. The molecule has 0 amide bonds. The van der Waals surface area contributed by atoms with Gasteiger partial charge >= 0.3 is 0 Å². The molecule has 7 heteroatoms. The molecule has 0 atom stereocenters. The van der Waals surface area contributed by atoms with Crippen molar-refractivity contribution in [1.82, 2.24) is 24.4 Å². The minimum Gasteiger partial charge on any atom is -0.507 e. The lowest BCUT2D eigenvalue weighted by Gasteiger charge is -2.07. The third-order valence-corrected chi connectivity index (χ3v) is 5.41. The van der Waals surface area contributed by atoms with Gasteiger partial charge in [0, 0.05) is 7.05 Å². The molecule has 2 heterocycles. The van der Waals surface area contributed by atoms with Crippen molar-refractivity contribution < 1.29 is 5.11 Å². The zero-order valence-electron chi connectivity index (χ0n) is 16.5. The summed E-state index contributed by atoms with van der Waals surface area (Å²) in [6, 6.07) is 20.7. The Balaban J connectivity index is 1.69. The van der Waals surface area contributed by atoms with E-state index >= 15 is 0 Å². The maximum Gasteiger partial charge on any atom is 0.297 e. The molecule has 1 N–H and O–H groups in total. The molecule has 0 saturated carbocycles. The van der Waals surface area contributed by atoms with E-state index in [1.807, 2.05) is 74.6 Å². The lowest BCUT2D eigenvalue weighted by molar-refractivity contribution is 0.478. The first-order valence-corrected chi connectivity index (χ1v) is 9.54. The van der Waals surface area contributed by atoms with Crippen LogP contribution in [0.25, 0.3) is 33.4 Å². The van der Waals surface area contributed by atoms with Crippen molar-refractivity contribution in [2.45, 2.75) is 6.92 Å². The van der Waals surface area contributed by atoms with Crippen LogP contribution in [0.5, 0.6) is 5.75 Å². The summed E-state index contributed by atoms with van der Waals surface area (Å²) in [5.41, 5.74) is 2.84. The van der Waals surface area contributed by atoms with Crippen LogP contribution in [0.2, 0.25) is 0 Å². The van der Waals surface area contributed by atoms with E-state index in [1.54, 1.807) is 21.6 Å². The van der Waals surface area contributed by atoms with Crippen LogP contribution in [0.1, 0.15) is 5.69 Å². The van der Waals surface area contributed by atoms with E-state index in [0.717, 1.165) is 22.2 Å². The topological polar surface area (TPSA) is 77.9 Å². The van der Waals surface area contributed by atoms with E-state index in [0.29, 0.717) is 16.9 Å². The van der Waals surface area contributed by atoms with Crippen LogP contribution in [0, 0.1) is 6.92 Å². The summed E-state index contributed by atoms with van der Waals surface area (Å²) in [7, 11) is 1.83. The summed E-state index contributed by atoms with van der Waals surface area (Å²) in [6.45, 7) is 1.87. The van der Waals surface area contributed by atoms with E-state index in [-0.39, 0.29) is 11.3 Å². The SMILES string of the molecule is Cc1c(-n2cc(-c3c(O)ccc4ccccc34)nn2)c(=O)n(-c2ccccc2)n1C. The van der Waals surface area contributed by atoms with Crippen LogP contribution >= 0.6 is 0 Å². The Kier molecular flexibility index (Phi) is 4.03. The maximum absolute atomic E-state index is 13.2. The summed E-state index contributed by atoms with van der Waals surface area (Å²) in [6.07, 6.45) is 1.68. The number of rotatable bonds is 3. The van der Waals surface area contributed by atoms with Gasteiger partial charge in [0.2, 0.25) is 0 Å². The molecule has 5 rings (SSSR count). The van der Waals surface area contributed by atoms with Gasteiger partial charge in [0.05, 0.1) is 23.1 Å². The molecule has 2 aromatic heterocycles. The average Bonchev–Trinajstić information content (AvgIpc) is 3.31. The van der Waals surface area contributed by atoms with Gasteiger partial charge in [-0.3, -0.25) is 9.48 Å². The van der Waals surface area contributed by atoms with Gasteiger partial charge < -0.3 is 5.11 Å². The third-order valence-electron chi connectivity index (χ3n) is 5.41. The smallest absolute Gasteiger partial charge is 0.297 e. The number of fused-ring (bicyclic) bond motifs is 1. The van der Waals surface area contributed by atoms with Crippen LogP contribution in [0.4, 0.5) is 0 Å². The normalized spacial score (nSPS) is 11.3. The van der Waals surface area contributed by atoms with Crippen LogP contribution < -0.4 is 5.56 Å². The molecule has 30 heavy (non-hydrogen) atoms. The second-order valence-corrected chi connectivity index (χ2v) is 7.14. The Morgan fingerprint density at radius 1 is 0.933 bits per heavy atom. The Morgan fingerprint density at radius 3 is 2.47 bits per heavy atom. The highest BCUT2D eigenvalue weighted by Crippen LogP contribution is 2.35. The second kappa shape index (κ2) is 6.73. The predicted octanol–water partition coefficient (Wildman–Crippen LogP) is 3.59. The molecule has 0 saturated heterocycles. The van der Waals surface area contributed by atoms with Crippen LogP contribution in [-0.2, 0) is 7.05 Å². The van der Waals surface area contributed by atoms with Crippen molar-refractivity contribution in [3.05, 3.63) is 89.0 Å². The molecular formula is C23H19N5O2. The molecule has 0 bridgehead atoms. The number of aromatic hydroxyl groups is 1. The van der Waals surface area contributed by atoms with E-state index in [2.05, 4.69) is 10.3 Å². The first kappa shape index (κ1) is 17.9. The van der Waals surface area contributed by atoms with Crippen molar-refractivity contribution in [3.8, 4) is 28.4 Å². The standard InChI is InChI=1S/C23H19N5O2/c1-15-22(23(30)28(26(15)2)17-9-4-3-5-10-17)27-14-19(24-25-27)21-18-11-7-6-8-16(18)12-13-20(21)29/h3-14,29H,1-2H3. The predicted molar refractivity (Wildman–Crippen MR) is 115 cm³/mol. The average molecular weight is 397 g/mol. The van der Waals surface area contributed by atoms with Gasteiger partial charge in [-0.2, -0.15) is 0 Å². The van der Waals surface area contributed by atoms with Crippen molar-refractivity contribution in [1.29, 1.82) is 0 Å². The third kappa shape index (κ3) is 2.63. The van der Waals surface area contributed by atoms with Gasteiger partial charge in [0.1, 0.15) is 11.4 Å². The first-order valence-electron chi connectivity index (χ1n) is 9.54. The molecule has 0 aliphatic heterocycles. The van der Waals surface area contributed by atoms with Gasteiger partial charge in [0.15, 0.2) is 5.69 Å². The molecule has 0 spiro atoms. The Morgan fingerprint density at radius 2 is 1.67 bits per heavy atom. The summed E-state index contributed by atoms with van der Waals surface area (Å²) in [5, 5.41) is 20.8. The Bertz CT molecular complexity index is 1440. The molecular weight excluding hydrogens is 378 g/mol. The largest absolute Gasteiger partial charge is 0.507 e. The number of aromatic nitrogens is 5. The van der Waals surface area contributed by atoms with Crippen molar-refractivity contribution in [2.24, 2.45) is 7.05 Å². The van der Waals surface area contributed by atoms with E-state index < -0.39 is 0 Å². The number of phenols is 1. The van der Waals surface area contributed by atoms with Crippen LogP contribution in [0.3, 0.4) is 0 Å². The number of nitrogens with zero attached hydrogens (tertiary/aromatic N) is 5. The first-order chi connectivity index (χ1) is 14.6. The molecule has 0 radical (unpaired) electrons. The zero-order valence-corrected chi connectivity index (χ0v) is 16.5. The summed E-state index contributed by atoms with van der Waals surface area (Å²) in [4.78, 5) is 13.2. The minimum atomic E-state index is -0.195. The molecule has 0 unspecified atom stereocenters. The minimum absolute atomic E-state index is 0.118. The van der Waals surface area contributed by atoms with Gasteiger partial charge in [-0.25, -0.2) is 9.36 Å². The fourth-order valence-corrected chi connectivity index (χ4v) is 3.83. The van der Waals surface area contributed by atoms with E-state index in [4.69, 9.17) is 0 Å². The monoisotopic (exact) mass is 397 g/mol. The highest BCUT2D eigenvalue weighted by Gasteiger charge is 2.20. The van der Waals surface area contributed by atoms with E-state index in [9.17, 15) is 9.90 Å². The number of benzene rings is 3. The highest BCUT2D eigenvalue weighted by molar-refractivity contribution is 5.98. The Hall–Kier alpha value is -4.13. The Labute approximate surface area is 172 Å². The maximum atomic E-state index is 13.2. The number of phenolic OH excluding ortho intramolecular Hbond substituents is 1. The summed E-state index contributed by atoms with van der Waals surface area (Å²) in [5.74, 6) is 0.118. The molecule has 7 nitrogen and oxygen atoms in total. The number of para-hydroxylation sites is 1. The van der Waals surface area contributed by atoms with Gasteiger partial charge in [0.25, 0.3) is 5.56 Å². The fourth-order valence-electron chi connectivity index (χ4n) is 3.83. The second-order valence-electron chi connectivity index (χ2n) is 7.14. The number of hydrogen-bond donors (Lipinski definition) is 1. The van der Waals surface area contributed by atoms with Crippen molar-refractivity contribution in [3.63, 3.8) is 0 Å². The van der Waals surface area contributed by atoms with Gasteiger partial charge in [-0.1, -0.05) is 53.7 Å². The molecule has 0 aliphatic rings. The lowest BCUT2D eigenvalue weighted by atomic mass is 10.0. The highest BCUT2D eigenvalue weighted by atomic mass is 16.3. The fraction of sp³-hybridized carbons (Fsp3) is 0.0870. The van der Waals surface area contributed by atoms with Crippen molar-refractivity contribution in [2.75, 3.05) is 0 Å². The molecule has 148 valence electrons. The van der Waals surface area contributed by atoms with Crippen molar-refractivity contribution >= 4 is 10.8 Å². The van der Waals surface area contributed by atoms with Gasteiger partial charge in [-0.05, 0) is 35.9 Å². The number of hydrogen-bond acceptors (Lipinski definition) is 4. The van der Waals surface area contributed by atoms with Gasteiger partial charge in [-0.15, -0.1) is 5.10 Å². The van der Waals surface area contributed by atoms with Crippen LogP contribution in [0.15, 0.2) is 77.7 Å². The molecule has 0 fully saturated rings. The lowest BCUT2D eigenvalue weighted by Crippen LogP contribution is -2.21. The zero-order chi connectivity index (χ0) is 20.8. The summed E-state index contributed by atoms with van der Waals surface area (Å²) >= 11 is 0. The molecule has 0 aliphatic carbocycles. The van der Waals surface area contributed by atoms with Crippen LogP contribution in [-0.4, -0.2) is 29.5 Å².